The molecule has 0 fully saturated rings. The predicted molar refractivity (Wildman–Crippen MR) is 328 cm³/mol. The van der Waals surface area contributed by atoms with Gasteiger partial charge in [-0.05, 0) is 89.5 Å². The molecule has 0 bridgehead atoms. The predicted octanol–water partition coefficient (Wildman–Crippen LogP) is 20.1. The van der Waals surface area contributed by atoms with Gasteiger partial charge in [0.25, 0.3) is 0 Å². The van der Waals surface area contributed by atoms with Crippen LogP contribution in [0.5, 0.6) is 0 Å². The molecule has 0 aromatic heterocycles. The lowest BCUT2D eigenvalue weighted by Gasteiger charge is -2.27. The van der Waals surface area contributed by atoms with Crippen LogP contribution in [0.3, 0.4) is 0 Å². The van der Waals surface area contributed by atoms with E-state index in [1.165, 1.54) is 212 Å². The fourth-order valence-corrected chi connectivity index (χ4v) is 10.2. The van der Waals surface area contributed by atoms with Crippen LogP contribution in [0, 0.1) is 0 Å². The van der Waals surface area contributed by atoms with Crippen LogP contribution in [0.1, 0.15) is 310 Å². The van der Waals surface area contributed by atoms with Crippen molar-refractivity contribution in [1.29, 1.82) is 0 Å². The molecule has 0 heterocycles. The van der Waals surface area contributed by atoms with Crippen molar-refractivity contribution in [2.75, 3.05) is 40.9 Å². The number of esters is 1. The van der Waals surface area contributed by atoms with Crippen LogP contribution >= 0.6 is 7.82 Å². The molecule has 0 radical (unpaired) electrons. The Labute approximate surface area is 471 Å². The number of quaternary nitrogens is 1. The summed E-state index contributed by atoms with van der Waals surface area (Å²) >= 11 is 0. The van der Waals surface area contributed by atoms with Gasteiger partial charge in [0.05, 0.1) is 33.8 Å². The molecule has 446 valence electrons. The van der Waals surface area contributed by atoms with E-state index >= 15 is 0 Å². The second kappa shape index (κ2) is 56.3. The highest BCUT2D eigenvalue weighted by Crippen LogP contribution is 2.43. The number of hydrogen-bond acceptors (Lipinski definition) is 6. The number of ether oxygens (including phenoxy) is 1. The lowest BCUT2D eigenvalue weighted by Crippen LogP contribution is -2.47. The topological polar surface area (TPSA) is 111 Å². The lowest BCUT2D eigenvalue weighted by atomic mass is 10.0. The SMILES string of the molecule is CCCCC/C=C\C/C=C\CCCCCCCCCCCCCC(=O)NC(COP(=O)(O)OCC[N+](C)(C)C)C(/C=C\CCCCCCCCCCCC)OC(=O)CCCCCCCCC/C=C/CCCCCCCC. The Morgan fingerprint density at radius 3 is 1.22 bits per heavy atom. The second-order valence-electron chi connectivity index (χ2n) is 23.3. The summed E-state index contributed by atoms with van der Waals surface area (Å²) in [5.41, 5.74) is 0. The van der Waals surface area contributed by atoms with Crippen molar-refractivity contribution in [2.24, 2.45) is 0 Å². The largest absolute Gasteiger partial charge is 0.472 e. The molecule has 1 amide bonds. The Morgan fingerprint density at radius 1 is 0.461 bits per heavy atom. The molecule has 10 heteroatoms. The van der Waals surface area contributed by atoms with Crippen molar-refractivity contribution in [3.05, 3.63) is 48.6 Å². The van der Waals surface area contributed by atoms with Gasteiger partial charge in [0.1, 0.15) is 19.3 Å². The number of carbonyl (C=O) groups excluding carboxylic acids is 2. The number of likely N-dealkylation sites (N-methyl/N-ethyl adjacent to an activating group) is 1. The van der Waals surface area contributed by atoms with E-state index < -0.39 is 20.0 Å². The first-order valence-corrected chi connectivity index (χ1v) is 34.0. The van der Waals surface area contributed by atoms with Gasteiger partial charge in [-0.2, -0.15) is 0 Å². The fraction of sp³-hybridized carbons (Fsp3) is 0.848. The molecule has 3 atom stereocenters. The third-order valence-corrected chi connectivity index (χ3v) is 15.5. The van der Waals surface area contributed by atoms with E-state index in [2.05, 4.69) is 62.5 Å². The van der Waals surface area contributed by atoms with Crippen LogP contribution in [0.4, 0.5) is 0 Å². The van der Waals surface area contributed by atoms with E-state index in [0.29, 0.717) is 17.4 Å². The minimum Gasteiger partial charge on any atom is -0.456 e. The molecule has 0 aromatic rings. The number of rotatable bonds is 59. The zero-order chi connectivity index (χ0) is 55.7. The molecule has 0 aliphatic rings. The van der Waals surface area contributed by atoms with E-state index in [4.69, 9.17) is 13.8 Å². The molecule has 9 nitrogen and oxygen atoms in total. The Morgan fingerprint density at radius 2 is 0.803 bits per heavy atom. The quantitative estimate of drug-likeness (QED) is 0.0205. The second-order valence-corrected chi connectivity index (χ2v) is 24.7. The van der Waals surface area contributed by atoms with Gasteiger partial charge in [-0.3, -0.25) is 18.6 Å². The van der Waals surface area contributed by atoms with Crippen molar-refractivity contribution in [2.45, 2.75) is 322 Å². The van der Waals surface area contributed by atoms with Gasteiger partial charge in [-0.25, -0.2) is 4.57 Å². The third-order valence-electron chi connectivity index (χ3n) is 14.5. The van der Waals surface area contributed by atoms with Crippen LogP contribution < -0.4 is 5.32 Å². The molecule has 3 unspecified atom stereocenters. The summed E-state index contributed by atoms with van der Waals surface area (Å²) in [6.07, 6.45) is 69.6. The first-order chi connectivity index (χ1) is 36.9. The number of hydrogen-bond donors (Lipinski definition) is 2. The summed E-state index contributed by atoms with van der Waals surface area (Å²) in [5, 5.41) is 3.06. The van der Waals surface area contributed by atoms with Gasteiger partial charge in [0.2, 0.25) is 5.91 Å². The maximum atomic E-state index is 13.6. The summed E-state index contributed by atoms with van der Waals surface area (Å²) < 4.78 is 30.7. The number of allylic oxidation sites excluding steroid dienone is 7. The molecule has 0 spiro atoms. The summed E-state index contributed by atoms with van der Waals surface area (Å²) in [7, 11) is 1.50. The average molecular weight is 1090 g/mol. The summed E-state index contributed by atoms with van der Waals surface area (Å²) in [5.74, 6) is -0.502. The number of amides is 1. The van der Waals surface area contributed by atoms with E-state index in [0.717, 1.165) is 64.2 Å². The number of carbonyl (C=O) groups is 2. The maximum absolute atomic E-state index is 13.6. The van der Waals surface area contributed by atoms with E-state index in [1.807, 2.05) is 33.3 Å². The van der Waals surface area contributed by atoms with Crippen LogP contribution in [-0.4, -0.2) is 74.3 Å². The molecular weight excluding hydrogens is 964 g/mol. The van der Waals surface area contributed by atoms with Crippen molar-refractivity contribution >= 4 is 19.7 Å². The van der Waals surface area contributed by atoms with Gasteiger partial charge in [-0.15, -0.1) is 0 Å². The standard InChI is InChI=1S/C66H125N2O7P/c1-7-10-13-16-19-22-25-28-30-32-33-34-35-37-38-40-43-46-49-52-55-58-65(69)67-63(62-74-76(71,72)73-61-60-68(4,5)6)64(57-54-51-48-45-42-27-24-21-18-15-12-9-3)75-66(70)59-56-53-50-47-44-41-39-36-31-29-26-23-20-17-14-11-8-2/h19,22,28-31,54,57,63-64H,7-18,20-21,23-27,32-53,55-56,58-62H2,1-6H3,(H-,67,69,71,72)/p+1/b22-19-,30-28-,31-29+,57-54-. The number of nitrogens with one attached hydrogen (secondary N) is 1. The lowest BCUT2D eigenvalue weighted by molar-refractivity contribution is -0.870. The Bertz CT molecular complexity index is 1440. The number of unbranched alkanes of at least 4 members (excludes halogenated alkanes) is 37. The van der Waals surface area contributed by atoms with Gasteiger partial charge < -0.3 is 19.4 Å². The number of phosphoric ester groups is 1. The zero-order valence-electron chi connectivity index (χ0n) is 51.0. The van der Waals surface area contributed by atoms with Crippen LogP contribution in [0.25, 0.3) is 0 Å². The highest BCUT2D eigenvalue weighted by molar-refractivity contribution is 7.47. The minimum absolute atomic E-state index is 0.0398. The molecule has 2 N–H and O–H groups in total. The van der Waals surface area contributed by atoms with Crippen molar-refractivity contribution < 1.29 is 37.3 Å². The van der Waals surface area contributed by atoms with Crippen molar-refractivity contribution in [3.8, 4) is 0 Å². The average Bonchev–Trinajstić information content (AvgIpc) is 3.38. The van der Waals surface area contributed by atoms with Gasteiger partial charge >= 0.3 is 13.8 Å². The van der Waals surface area contributed by atoms with Crippen molar-refractivity contribution in [1.82, 2.24) is 5.32 Å². The molecule has 0 rings (SSSR count). The minimum atomic E-state index is -4.45. The Hall–Kier alpha value is -2.03. The third kappa shape index (κ3) is 56.7. The molecular formula is C66H126N2O7P+. The monoisotopic (exact) mass is 1090 g/mol. The van der Waals surface area contributed by atoms with Crippen LogP contribution in [0.2, 0.25) is 0 Å². The normalized spacial score (nSPS) is 13.9. The number of phosphoric acid groups is 1. The van der Waals surface area contributed by atoms with E-state index in [-0.39, 0.29) is 31.5 Å². The maximum Gasteiger partial charge on any atom is 0.472 e. The smallest absolute Gasteiger partial charge is 0.456 e. The first-order valence-electron chi connectivity index (χ1n) is 32.5. The first kappa shape index (κ1) is 74.0. The summed E-state index contributed by atoms with van der Waals surface area (Å²) in [6.45, 7) is 7.01. The van der Waals surface area contributed by atoms with Gasteiger partial charge in [0, 0.05) is 12.8 Å². The van der Waals surface area contributed by atoms with Crippen LogP contribution in [-0.2, 0) is 27.9 Å². The summed E-state index contributed by atoms with van der Waals surface area (Å²) in [6, 6.07) is -0.850. The zero-order valence-corrected chi connectivity index (χ0v) is 51.9. The van der Waals surface area contributed by atoms with Crippen LogP contribution in [0.15, 0.2) is 48.6 Å². The molecule has 0 aliphatic heterocycles. The van der Waals surface area contributed by atoms with E-state index in [9.17, 15) is 19.0 Å². The molecule has 0 saturated carbocycles. The van der Waals surface area contributed by atoms with Gasteiger partial charge in [0.15, 0.2) is 0 Å². The van der Waals surface area contributed by atoms with Gasteiger partial charge in [-0.1, -0.05) is 256 Å². The molecule has 0 aromatic carbocycles. The Kier molecular flexibility index (Phi) is 54.7. The molecule has 0 saturated heterocycles. The Balaban J connectivity index is 5.19. The van der Waals surface area contributed by atoms with E-state index in [1.54, 1.807) is 0 Å². The molecule has 0 aliphatic carbocycles. The fourth-order valence-electron chi connectivity index (χ4n) is 9.44. The summed E-state index contributed by atoms with van der Waals surface area (Å²) in [4.78, 5) is 37.8. The van der Waals surface area contributed by atoms with Crippen molar-refractivity contribution in [3.63, 3.8) is 0 Å². The highest BCUT2D eigenvalue weighted by Gasteiger charge is 2.30. The number of nitrogens with zero attached hydrogens (tertiary/aromatic N) is 1. The molecule has 76 heavy (non-hydrogen) atoms. The highest BCUT2D eigenvalue weighted by atomic mass is 31.2.